The SMILES string of the molecule is CCOC(=O)CNC(=O)NCCCN1C(=O)c2ccccc2C1=O. The van der Waals surface area contributed by atoms with Crippen LogP contribution in [0.3, 0.4) is 0 Å². The van der Waals surface area contributed by atoms with E-state index in [-0.39, 0.29) is 38.1 Å². The molecule has 0 saturated heterocycles. The minimum absolute atomic E-state index is 0.210. The zero-order valence-corrected chi connectivity index (χ0v) is 13.3. The standard InChI is InChI=1S/C16H19N3O5/c1-2-24-13(20)10-18-16(23)17-8-5-9-19-14(21)11-6-3-4-7-12(11)15(19)22/h3-4,6-7H,2,5,8-10H2,1H3,(H2,17,18,23). The molecule has 2 rings (SSSR count). The first-order valence-corrected chi connectivity index (χ1v) is 7.67. The first-order chi connectivity index (χ1) is 11.5. The van der Waals surface area contributed by atoms with Crippen molar-refractivity contribution in [3.05, 3.63) is 35.4 Å². The lowest BCUT2D eigenvalue weighted by Gasteiger charge is -2.14. The van der Waals surface area contributed by atoms with Gasteiger partial charge in [-0.25, -0.2) is 4.79 Å². The number of hydrogen-bond donors (Lipinski definition) is 2. The minimum atomic E-state index is -0.515. The van der Waals surface area contributed by atoms with Crippen LogP contribution < -0.4 is 10.6 Å². The van der Waals surface area contributed by atoms with Crippen molar-refractivity contribution in [1.29, 1.82) is 0 Å². The highest BCUT2D eigenvalue weighted by atomic mass is 16.5. The van der Waals surface area contributed by atoms with Gasteiger partial charge in [-0.1, -0.05) is 12.1 Å². The normalized spacial score (nSPS) is 12.8. The van der Waals surface area contributed by atoms with Gasteiger partial charge in [0.2, 0.25) is 0 Å². The molecule has 8 nitrogen and oxygen atoms in total. The average molecular weight is 333 g/mol. The van der Waals surface area contributed by atoms with Crippen LogP contribution in [0.25, 0.3) is 0 Å². The Bertz CT molecular complexity index is 624. The molecular formula is C16H19N3O5. The van der Waals surface area contributed by atoms with Gasteiger partial charge in [0.05, 0.1) is 17.7 Å². The lowest BCUT2D eigenvalue weighted by Crippen LogP contribution is -2.40. The summed E-state index contributed by atoms with van der Waals surface area (Å²) >= 11 is 0. The van der Waals surface area contributed by atoms with Crippen molar-refractivity contribution < 1.29 is 23.9 Å². The van der Waals surface area contributed by atoms with Crippen LogP contribution in [-0.2, 0) is 9.53 Å². The Morgan fingerprint density at radius 1 is 1.08 bits per heavy atom. The van der Waals surface area contributed by atoms with Crippen molar-refractivity contribution in [2.75, 3.05) is 26.2 Å². The van der Waals surface area contributed by atoms with E-state index in [0.717, 1.165) is 0 Å². The highest BCUT2D eigenvalue weighted by Crippen LogP contribution is 2.22. The van der Waals surface area contributed by atoms with Crippen LogP contribution >= 0.6 is 0 Å². The van der Waals surface area contributed by atoms with Gasteiger partial charge in [-0.2, -0.15) is 0 Å². The minimum Gasteiger partial charge on any atom is -0.465 e. The van der Waals surface area contributed by atoms with E-state index in [9.17, 15) is 19.2 Å². The highest BCUT2D eigenvalue weighted by molar-refractivity contribution is 6.21. The summed E-state index contributed by atoms with van der Waals surface area (Å²) in [5.74, 6) is -1.15. The van der Waals surface area contributed by atoms with Crippen LogP contribution in [-0.4, -0.2) is 55.0 Å². The number of carbonyl (C=O) groups is 4. The van der Waals surface area contributed by atoms with Gasteiger partial charge in [0.15, 0.2) is 0 Å². The number of carbonyl (C=O) groups excluding carboxylic acids is 4. The summed E-state index contributed by atoms with van der Waals surface area (Å²) in [5.41, 5.74) is 0.810. The smallest absolute Gasteiger partial charge is 0.325 e. The Morgan fingerprint density at radius 3 is 2.29 bits per heavy atom. The zero-order valence-electron chi connectivity index (χ0n) is 13.3. The van der Waals surface area contributed by atoms with Crippen LogP contribution in [0.1, 0.15) is 34.1 Å². The van der Waals surface area contributed by atoms with E-state index in [1.807, 2.05) is 0 Å². The quantitative estimate of drug-likeness (QED) is 0.430. The summed E-state index contributed by atoms with van der Waals surface area (Å²) in [6, 6.07) is 6.16. The number of esters is 1. The van der Waals surface area contributed by atoms with Gasteiger partial charge in [0.25, 0.3) is 11.8 Å². The molecule has 0 aliphatic carbocycles. The van der Waals surface area contributed by atoms with Crippen molar-refractivity contribution in [1.82, 2.24) is 15.5 Å². The first-order valence-electron chi connectivity index (χ1n) is 7.67. The molecule has 0 saturated carbocycles. The van der Waals surface area contributed by atoms with E-state index in [2.05, 4.69) is 15.4 Å². The molecule has 0 radical (unpaired) electrons. The van der Waals surface area contributed by atoms with E-state index >= 15 is 0 Å². The zero-order chi connectivity index (χ0) is 17.5. The number of imide groups is 1. The van der Waals surface area contributed by atoms with Crippen molar-refractivity contribution >= 4 is 23.8 Å². The molecular weight excluding hydrogens is 314 g/mol. The molecule has 1 heterocycles. The molecule has 128 valence electrons. The Kier molecular flexibility index (Phi) is 5.89. The number of rotatable bonds is 7. The second kappa shape index (κ2) is 8.09. The number of urea groups is 1. The third kappa shape index (κ3) is 4.09. The Morgan fingerprint density at radius 2 is 1.71 bits per heavy atom. The molecule has 0 bridgehead atoms. The molecule has 0 spiro atoms. The topological polar surface area (TPSA) is 105 Å². The molecule has 24 heavy (non-hydrogen) atoms. The number of nitrogens with zero attached hydrogens (tertiary/aromatic N) is 1. The summed E-state index contributed by atoms with van der Waals surface area (Å²) < 4.78 is 4.68. The van der Waals surface area contributed by atoms with Gasteiger partial charge < -0.3 is 15.4 Å². The summed E-state index contributed by atoms with van der Waals surface area (Å²) in [6.07, 6.45) is 0.415. The van der Waals surface area contributed by atoms with Gasteiger partial charge in [-0.15, -0.1) is 0 Å². The molecule has 1 aromatic carbocycles. The van der Waals surface area contributed by atoms with Crippen LogP contribution in [0.15, 0.2) is 24.3 Å². The Hall–Kier alpha value is -2.90. The van der Waals surface area contributed by atoms with Crippen LogP contribution in [0.4, 0.5) is 4.79 Å². The van der Waals surface area contributed by atoms with E-state index in [1.165, 1.54) is 4.90 Å². The number of nitrogens with one attached hydrogen (secondary N) is 2. The van der Waals surface area contributed by atoms with Gasteiger partial charge in [0, 0.05) is 13.1 Å². The number of amides is 4. The Balaban J connectivity index is 1.70. The van der Waals surface area contributed by atoms with E-state index in [4.69, 9.17) is 0 Å². The van der Waals surface area contributed by atoms with Crippen molar-refractivity contribution in [3.8, 4) is 0 Å². The van der Waals surface area contributed by atoms with Gasteiger partial charge in [0.1, 0.15) is 6.54 Å². The number of ether oxygens (including phenoxy) is 1. The van der Waals surface area contributed by atoms with E-state index < -0.39 is 12.0 Å². The van der Waals surface area contributed by atoms with E-state index in [1.54, 1.807) is 31.2 Å². The third-order valence-electron chi connectivity index (χ3n) is 3.42. The first kappa shape index (κ1) is 17.5. The number of benzene rings is 1. The van der Waals surface area contributed by atoms with Gasteiger partial charge in [-0.05, 0) is 25.5 Å². The van der Waals surface area contributed by atoms with Crippen molar-refractivity contribution in [2.24, 2.45) is 0 Å². The lowest BCUT2D eigenvalue weighted by molar-refractivity contribution is -0.141. The summed E-state index contributed by atoms with van der Waals surface area (Å²) in [7, 11) is 0. The third-order valence-corrected chi connectivity index (χ3v) is 3.42. The van der Waals surface area contributed by atoms with Crippen LogP contribution in [0.2, 0.25) is 0 Å². The van der Waals surface area contributed by atoms with Gasteiger partial charge in [-0.3, -0.25) is 19.3 Å². The molecule has 0 fully saturated rings. The Labute approximate surface area is 139 Å². The second-order valence-electron chi connectivity index (χ2n) is 5.08. The molecule has 0 unspecified atom stereocenters. The maximum atomic E-state index is 12.1. The molecule has 4 amide bonds. The summed E-state index contributed by atoms with van der Waals surface area (Å²) in [6.45, 7) is 2.20. The largest absolute Gasteiger partial charge is 0.465 e. The second-order valence-corrected chi connectivity index (χ2v) is 5.08. The maximum Gasteiger partial charge on any atom is 0.325 e. The van der Waals surface area contributed by atoms with Crippen molar-refractivity contribution in [3.63, 3.8) is 0 Å². The van der Waals surface area contributed by atoms with E-state index in [0.29, 0.717) is 17.5 Å². The monoisotopic (exact) mass is 333 g/mol. The molecule has 8 heteroatoms. The predicted molar refractivity (Wildman–Crippen MR) is 84.5 cm³/mol. The average Bonchev–Trinajstić information content (AvgIpc) is 2.82. The predicted octanol–water partition coefficient (Wildman–Crippen LogP) is 0.535. The fraction of sp³-hybridized carbons (Fsp3) is 0.375. The molecule has 0 aromatic heterocycles. The molecule has 1 aliphatic rings. The number of hydrogen-bond acceptors (Lipinski definition) is 5. The molecule has 1 aliphatic heterocycles. The fourth-order valence-electron chi connectivity index (χ4n) is 2.31. The summed E-state index contributed by atoms with van der Waals surface area (Å²) in [5, 5.41) is 4.90. The van der Waals surface area contributed by atoms with Gasteiger partial charge >= 0.3 is 12.0 Å². The molecule has 1 aromatic rings. The highest BCUT2D eigenvalue weighted by Gasteiger charge is 2.34. The van der Waals surface area contributed by atoms with Crippen molar-refractivity contribution in [2.45, 2.75) is 13.3 Å². The number of fused-ring (bicyclic) bond motifs is 1. The molecule has 2 N–H and O–H groups in total. The van der Waals surface area contributed by atoms with Crippen LogP contribution in [0, 0.1) is 0 Å². The lowest BCUT2D eigenvalue weighted by atomic mass is 10.1. The maximum absolute atomic E-state index is 12.1. The fourth-order valence-corrected chi connectivity index (χ4v) is 2.31. The molecule has 0 atom stereocenters. The van der Waals surface area contributed by atoms with Crippen LogP contribution in [0.5, 0.6) is 0 Å². The summed E-state index contributed by atoms with van der Waals surface area (Å²) in [4.78, 5) is 48.0.